The summed E-state index contributed by atoms with van der Waals surface area (Å²) in [5.74, 6) is -0.643. The molecule has 4 nitrogen and oxygen atoms in total. The van der Waals surface area contributed by atoms with Gasteiger partial charge in [-0.2, -0.15) is 16.1 Å². The third kappa shape index (κ3) is 1.58. The van der Waals surface area contributed by atoms with E-state index in [-0.39, 0.29) is 5.71 Å². The van der Waals surface area contributed by atoms with Crippen molar-refractivity contribution in [3.8, 4) is 0 Å². The van der Waals surface area contributed by atoms with Crippen LogP contribution < -0.4 is 0 Å². The number of hydrogen-bond donors (Lipinski definition) is 0. The van der Waals surface area contributed by atoms with Gasteiger partial charge in [-0.25, -0.2) is 4.79 Å². The molecule has 0 amide bonds. The highest BCUT2D eigenvalue weighted by atomic mass is 32.1. The third-order valence-corrected chi connectivity index (χ3v) is 1.96. The summed E-state index contributed by atoms with van der Waals surface area (Å²) < 4.78 is 4.40. The molecule has 0 unspecified atom stereocenters. The predicted octanol–water partition coefficient (Wildman–Crippen LogP) is 0.940. The van der Waals surface area contributed by atoms with Gasteiger partial charge in [0.2, 0.25) is 0 Å². The molecular weight excluding hydrogens is 176 g/mol. The van der Waals surface area contributed by atoms with Crippen LogP contribution in [0.4, 0.5) is 0 Å². The van der Waals surface area contributed by atoms with Crippen LogP contribution in [0.15, 0.2) is 16.8 Å². The van der Waals surface area contributed by atoms with Gasteiger partial charge in [-0.1, -0.05) is 0 Å². The van der Waals surface area contributed by atoms with E-state index < -0.39 is 5.97 Å². The van der Waals surface area contributed by atoms with Crippen molar-refractivity contribution < 1.29 is 14.3 Å². The molecule has 0 aromatic carbocycles. The van der Waals surface area contributed by atoms with Gasteiger partial charge in [0.15, 0.2) is 0 Å². The minimum absolute atomic E-state index is 0.0706. The van der Waals surface area contributed by atoms with Gasteiger partial charge in [-0.15, -0.1) is 0 Å². The van der Waals surface area contributed by atoms with Crippen LogP contribution in [0.1, 0.15) is 5.56 Å². The van der Waals surface area contributed by atoms with Crippen molar-refractivity contribution in [2.24, 2.45) is 0 Å². The SMILES string of the molecule is COC(=O)C(=[N+]=[N-])c1ccsc1. The van der Waals surface area contributed by atoms with Gasteiger partial charge in [0, 0.05) is 5.38 Å². The lowest BCUT2D eigenvalue weighted by atomic mass is 10.2. The number of ether oxygens (including phenoxy) is 1. The Balaban J connectivity index is 3.01. The lowest BCUT2D eigenvalue weighted by molar-refractivity contribution is -0.137. The molecule has 0 aliphatic rings. The number of esters is 1. The first-order valence-corrected chi connectivity index (χ1v) is 4.07. The van der Waals surface area contributed by atoms with E-state index in [1.807, 2.05) is 0 Å². The van der Waals surface area contributed by atoms with Gasteiger partial charge < -0.3 is 10.3 Å². The lowest BCUT2D eigenvalue weighted by Crippen LogP contribution is -2.17. The van der Waals surface area contributed by atoms with E-state index in [2.05, 4.69) is 9.53 Å². The molecule has 5 heteroatoms. The van der Waals surface area contributed by atoms with E-state index in [1.165, 1.54) is 18.4 Å². The summed E-state index contributed by atoms with van der Waals surface area (Å²) in [5, 5.41) is 3.48. The molecule has 0 saturated heterocycles. The summed E-state index contributed by atoms with van der Waals surface area (Å²) >= 11 is 1.41. The molecule has 0 radical (unpaired) electrons. The zero-order chi connectivity index (χ0) is 8.97. The van der Waals surface area contributed by atoms with Gasteiger partial charge in [-0.05, 0) is 11.4 Å². The standard InChI is InChI=1S/C7H6N2O2S/c1-11-7(10)6(9-8)5-2-3-12-4-5/h2-4H,1H3. The molecule has 1 aromatic heterocycles. The second-order valence-electron chi connectivity index (χ2n) is 1.95. The summed E-state index contributed by atoms with van der Waals surface area (Å²) in [4.78, 5) is 13.8. The van der Waals surface area contributed by atoms with Gasteiger partial charge in [-0.3, -0.25) is 0 Å². The third-order valence-electron chi connectivity index (χ3n) is 1.27. The number of nitrogens with zero attached hydrogens (tertiary/aromatic N) is 2. The Labute approximate surface area is 73.0 Å². The number of carbonyl (C=O) groups is 1. The quantitative estimate of drug-likeness (QED) is 0.296. The number of hydrogen-bond acceptors (Lipinski definition) is 3. The van der Waals surface area contributed by atoms with E-state index >= 15 is 0 Å². The van der Waals surface area contributed by atoms with Crippen molar-refractivity contribution in [3.05, 3.63) is 27.9 Å². The molecule has 0 aliphatic carbocycles. The first-order valence-electron chi connectivity index (χ1n) is 3.12. The van der Waals surface area contributed by atoms with Crippen molar-refractivity contribution in [2.75, 3.05) is 7.11 Å². The normalized spacial score (nSPS) is 8.75. The Morgan fingerprint density at radius 3 is 2.92 bits per heavy atom. The minimum atomic E-state index is -0.643. The van der Waals surface area contributed by atoms with Crippen LogP contribution in [0.2, 0.25) is 0 Å². The average molecular weight is 182 g/mol. The maximum Gasteiger partial charge on any atom is 0.422 e. The van der Waals surface area contributed by atoms with Crippen molar-refractivity contribution >= 4 is 23.0 Å². The van der Waals surface area contributed by atoms with Crippen molar-refractivity contribution in [2.45, 2.75) is 0 Å². The summed E-state index contributed by atoms with van der Waals surface area (Å²) in [5.41, 5.74) is 8.98. The zero-order valence-electron chi connectivity index (χ0n) is 6.35. The highest BCUT2D eigenvalue weighted by Crippen LogP contribution is 2.06. The lowest BCUT2D eigenvalue weighted by Gasteiger charge is -1.89. The van der Waals surface area contributed by atoms with Crippen LogP contribution in [0.5, 0.6) is 0 Å². The largest absolute Gasteiger partial charge is 0.460 e. The fraction of sp³-hybridized carbons (Fsp3) is 0.143. The number of carbonyl (C=O) groups excluding carboxylic acids is 1. The van der Waals surface area contributed by atoms with Crippen molar-refractivity contribution in [3.63, 3.8) is 0 Å². The Bertz CT molecular complexity index is 325. The number of methoxy groups -OCH3 is 1. The Morgan fingerprint density at radius 1 is 1.75 bits per heavy atom. The fourth-order valence-electron chi connectivity index (χ4n) is 0.712. The number of thiophene rings is 1. The fourth-order valence-corrected chi connectivity index (χ4v) is 1.35. The molecule has 1 rings (SSSR count). The topological polar surface area (TPSA) is 62.7 Å². The van der Waals surface area contributed by atoms with Crippen molar-refractivity contribution in [1.82, 2.24) is 0 Å². The molecule has 0 bridgehead atoms. The highest BCUT2D eigenvalue weighted by Gasteiger charge is 2.23. The summed E-state index contributed by atoms with van der Waals surface area (Å²) in [7, 11) is 1.24. The molecule has 0 fully saturated rings. The molecule has 0 atom stereocenters. The van der Waals surface area contributed by atoms with Crippen LogP contribution in [0, 0.1) is 0 Å². The van der Waals surface area contributed by atoms with E-state index in [9.17, 15) is 4.79 Å². The molecule has 0 N–H and O–H groups in total. The summed E-state index contributed by atoms with van der Waals surface area (Å²) in [6.07, 6.45) is 0. The van der Waals surface area contributed by atoms with Crippen LogP contribution >= 0.6 is 11.3 Å². The van der Waals surface area contributed by atoms with Crippen molar-refractivity contribution in [1.29, 1.82) is 0 Å². The second kappa shape index (κ2) is 3.80. The van der Waals surface area contributed by atoms with Crippen LogP contribution in [-0.4, -0.2) is 23.6 Å². The van der Waals surface area contributed by atoms with E-state index in [0.29, 0.717) is 5.56 Å². The van der Waals surface area contributed by atoms with Crippen LogP contribution in [-0.2, 0) is 9.53 Å². The van der Waals surface area contributed by atoms with Crippen LogP contribution in [0.25, 0.3) is 5.53 Å². The van der Waals surface area contributed by atoms with Gasteiger partial charge in [0.1, 0.15) is 0 Å². The van der Waals surface area contributed by atoms with E-state index in [0.717, 1.165) is 0 Å². The molecule has 62 valence electrons. The summed E-state index contributed by atoms with van der Waals surface area (Å²) in [6.45, 7) is 0. The Morgan fingerprint density at radius 2 is 2.50 bits per heavy atom. The highest BCUT2D eigenvalue weighted by molar-refractivity contribution is 7.08. The molecule has 1 heterocycles. The number of rotatable bonds is 2. The van der Waals surface area contributed by atoms with Gasteiger partial charge >= 0.3 is 11.7 Å². The molecule has 0 spiro atoms. The van der Waals surface area contributed by atoms with Gasteiger partial charge in [0.25, 0.3) is 0 Å². The monoisotopic (exact) mass is 182 g/mol. The molecular formula is C7H6N2O2S. The predicted molar refractivity (Wildman–Crippen MR) is 44.1 cm³/mol. The van der Waals surface area contributed by atoms with E-state index in [1.54, 1.807) is 16.8 Å². The Kier molecular flexibility index (Phi) is 2.74. The summed E-state index contributed by atoms with van der Waals surface area (Å²) in [6, 6.07) is 1.68. The second-order valence-corrected chi connectivity index (χ2v) is 2.73. The minimum Gasteiger partial charge on any atom is -0.460 e. The Hall–Kier alpha value is -1.45. The molecule has 1 aromatic rings. The zero-order valence-corrected chi connectivity index (χ0v) is 7.17. The first kappa shape index (κ1) is 8.64. The molecule has 0 aliphatic heterocycles. The molecule has 0 saturated carbocycles. The smallest absolute Gasteiger partial charge is 0.422 e. The maximum atomic E-state index is 10.9. The maximum absolute atomic E-state index is 10.9. The van der Waals surface area contributed by atoms with Gasteiger partial charge in [0.05, 0.1) is 12.7 Å². The first-order chi connectivity index (χ1) is 5.79. The molecule has 12 heavy (non-hydrogen) atoms. The average Bonchev–Trinajstić information content (AvgIpc) is 2.58. The van der Waals surface area contributed by atoms with E-state index in [4.69, 9.17) is 5.53 Å². The van der Waals surface area contributed by atoms with Crippen LogP contribution in [0.3, 0.4) is 0 Å².